The first-order valence-electron chi connectivity index (χ1n) is 8.56. The molecule has 2 rings (SSSR count). The zero-order chi connectivity index (χ0) is 19.0. The number of ether oxygens (including phenoxy) is 1. The molecule has 0 aliphatic rings. The number of nitrogens with one attached hydrogen (secondary N) is 1. The number of sulfonamides is 1. The largest absolute Gasteiger partial charge is 0.504 e. The number of hydrogen-bond donors (Lipinski definition) is 2. The Balaban J connectivity index is 2.08. The summed E-state index contributed by atoms with van der Waals surface area (Å²) in [4.78, 5) is 2.30. The van der Waals surface area contributed by atoms with Crippen LogP contribution in [0.1, 0.15) is 37.8 Å². The predicted octanol–water partition coefficient (Wildman–Crippen LogP) is 3.45. The molecule has 0 saturated carbocycles. The van der Waals surface area contributed by atoms with Gasteiger partial charge in [-0.05, 0) is 49.6 Å². The lowest BCUT2D eigenvalue weighted by atomic mass is 10.1. The van der Waals surface area contributed by atoms with Crippen LogP contribution in [0.5, 0.6) is 11.5 Å². The molecule has 0 aliphatic heterocycles. The molecule has 2 aromatic carbocycles. The lowest BCUT2D eigenvalue weighted by Gasteiger charge is -2.07. The number of hydrazone groups is 1. The van der Waals surface area contributed by atoms with Gasteiger partial charge in [-0.15, -0.1) is 0 Å². The summed E-state index contributed by atoms with van der Waals surface area (Å²) >= 11 is 0. The van der Waals surface area contributed by atoms with Crippen molar-refractivity contribution in [3.05, 3.63) is 53.6 Å². The average molecular weight is 376 g/mol. The molecule has 7 heteroatoms. The van der Waals surface area contributed by atoms with Crippen molar-refractivity contribution in [2.45, 2.75) is 38.0 Å². The molecule has 0 aromatic heterocycles. The third-order valence-corrected chi connectivity index (χ3v) is 5.00. The van der Waals surface area contributed by atoms with Gasteiger partial charge >= 0.3 is 0 Å². The van der Waals surface area contributed by atoms with E-state index in [0.29, 0.717) is 17.9 Å². The lowest BCUT2D eigenvalue weighted by molar-refractivity contribution is 0.318. The van der Waals surface area contributed by atoms with Crippen molar-refractivity contribution < 1.29 is 18.3 Å². The van der Waals surface area contributed by atoms with E-state index < -0.39 is 10.0 Å². The van der Waals surface area contributed by atoms with Gasteiger partial charge in [0.1, 0.15) is 0 Å². The van der Waals surface area contributed by atoms with E-state index in [4.69, 9.17) is 4.74 Å². The van der Waals surface area contributed by atoms with Gasteiger partial charge < -0.3 is 9.84 Å². The van der Waals surface area contributed by atoms with E-state index in [1.54, 1.807) is 30.3 Å². The van der Waals surface area contributed by atoms with Crippen LogP contribution >= 0.6 is 0 Å². The molecule has 140 valence electrons. The molecular formula is C19H24N2O4S. The first-order chi connectivity index (χ1) is 12.5. The maximum atomic E-state index is 12.3. The molecule has 0 unspecified atom stereocenters. The quantitative estimate of drug-likeness (QED) is 0.518. The summed E-state index contributed by atoms with van der Waals surface area (Å²) in [7, 11) is -3.76. The highest BCUT2D eigenvalue weighted by Gasteiger charge is 2.12. The number of aryl methyl sites for hydroxylation is 1. The fraction of sp³-hybridized carbons (Fsp3) is 0.316. The molecule has 0 saturated heterocycles. The van der Waals surface area contributed by atoms with Crippen molar-refractivity contribution in [3.8, 4) is 11.5 Å². The summed E-state index contributed by atoms with van der Waals surface area (Å²) in [6.07, 6.45) is 4.33. The highest BCUT2D eigenvalue weighted by molar-refractivity contribution is 7.89. The number of benzene rings is 2. The topological polar surface area (TPSA) is 88.0 Å². The van der Waals surface area contributed by atoms with E-state index in [1.165, 1.54) is 6.21 Å². The molecule has 0 heterocycles. The zero-order valence-electron chi connectivity index (χ0n) is 15.0. The van der Waals surface area contributed by atoms with Gasteiger partial charge in [0.2, 0.25) is 0 Å². The highest BCUT2D eigenvalue weighted by Crippen LogP contribution is 2.28. The van der Waals surface area contributed by atoms with Gasteiger partial charge in [-0.3, -0.25) is 0 Å². The van der Waals surface area contributed by atoms with Crippen LogP contribution in [0.15, 0.2) is 52.5 Å². The van der Waals surface area contributed by atoms with Crippen LogP contribution in [0.25, 0.3) is 0 Å². The van der Waals surface area contributed by atoms with Crippen molar-refractivity contribution in [3.63, 3.8) is 0 Å². The molecule has 2 N–H and O–H groups in total. The summed E-state index contributed by atoms with van der Waals surface area (Å²) in [5, 5.41) is 13.8. The predicted molar refractivity (Wildman–Crippen MR) is 102 cm³/mol. The number of hydrogen-bond acceptors (Lipinski definition) is 5. The third-order valence-electron chi connectivity index (χ3n) is 3.76. The molecular weight excluding hydrogens is 352 g/mol. The maximum Gasteiger partial charge on any atom is 0.276 e. The van der Waals surface area contributed by atoms with Gasteiger partial charge in [-0.2, -0.15) is 13.5 Å². The summed E-state index contributed by atoms with van der Waals surface area (Å²) in [6, 6.07) is 11.7. The summed E-state index contributed by atoms with van der Waals surface area (Å²) < 4.78 is 29.9. The van der Waals surface area contributed by atoms with Crippen LogP contribution in [-0.2, 0) is 16.4 Å². The van der Waals surface area contributed by atoms with Crippen molar-refractivity contribution in [1.29, 1.82) is 0 Å². The van der Waals surface area contributed by atoms with Crippen LogP contribution in [0.3, 0.4) is 0 Å². The first-order valence-corrected chi connectivity index (χ1v) is 10.0. The van der Waals surface area contributed by atoms with Crippen LogP contribution in [0, 0.1) is 0 Å². The Hall–Kier alpha value is -2.54. The molecule has 6 nitrogen and oxygen atoms in total. The Morgan fingerprint density at radius 1 is 1.15 bits per heavy atom. The molecule has 0 amide bonds. The molecule has 0 fully saturated rings. The van der Waals surface area contributed by atoms with E-state index >= 15 is 0 Å². The second kappa shape index (κ2) is 9.24. The lowest BCUT2D eigenvalue weighted by Crippen LogP contribution is -2.18. The van der Waals surface area contributed by atoms with Crippen molar-refractivity contribution in [1.82, 2.24) is 4.83 Å². The fourth-order valence-corrected chi connectivity index (χ4v) is 3.14. The van der Waals surface area contributed by atoms with Gasteiger partial charge in [-0.25, -0.2) is 4.83 Å². The van der Waals surface area contributed by atoms with E-state index in [2.05, 4.69) is 16.9 Å². The SMILES string of the molecule is CCCCc1ccc(S(=O)(=O)NN=Cc2cccc(OCC)c2O)cc1. The molecule has 0 spiro atoms. The van der Waals surface area contributed by atoms with Crippen LogP contribution in [0.4, 0.5) is 0 Å². The van der Waals surface area contributed by atoms with E-state index in [1.807, 2.05) is 19.1 Å². The van der Waals surface area contributed by atoms with Crippen LogP contribution in [-0.4, -0.2) is 26.3 Å². The fourth-order valence-electron chi connectivity index (χ4n) is 2.35. The zero-order valence-corrected chi connectivity index (χ0v) is 15.8. The second-order valence-corrected chi connectivity index (χ2v) is 7.39. The smallest absolute Gasteiger partial charge is 0.276 e. The monoisotopic (exact) mass is 376 g/mol. The van der Waals surface area contributed by atoms with E-state index in [0.717, 1.165) is 24.8 Å². The minimum absolute atomic E-state index is 0.0856. The molecule has 0 aliphatic carbocycles. The second-order valence-electron chi connectivity index (χ2n) is 5.73. The Labute approximate surface area is 154 Å². The average Bonchev–Trinajstić information content (AvgIpc) is 2.63. The number of rotatable bonds is 9. The number of nitrogens with zero attached hydrogens (tertiary/aromatic N) is 1. The summed E-state index contributed by atoms with van der Waals surface area (Å²) in [6.45, 7) is 4.33. The van der Waals surface area contributed by atoms with E-state index in [-0.39, 0.29) is 10.6 Å². The number of unbranched alkanes of at least 4 members (excludes halogenated alkanes) is 1. The van der Waals surface area contributed by atoms with Gasteiger partial charge in [0.05, 0.1) is 17.7 Å². The highest BCUT2D eigenvalue weighted by atomic mass is 32.2. The van der Waals surface area contributed by atoms with Crippen molar-refractivity contribution >= 4 is 16.2 Å². The Morgan fingerprint density at radius 3 is 2.54 bits per heavy atom. The summed E-state index contributed by atoms with van der Waals surface area (Å²) in [5.74, 6) is 0.236. The Bertz CT molecular complexity index is 846. The van der Waals surface area contributed by atoms with E-state index in [9.17, 15) is 13.5 Å². The molecule has 0 atom stereocenters. The van der Waals surface area contributed by atoms with Crippen molar-refractivity contribution in [2.24, 2.45) is 5.10 Å². The van der Waals surface area contributed by atoms with Crippen LogP contribution in [0.2, 0.25) is 0 Å². The molecule has 26 heavy (non-hydrogen) atoms. The Morgan fingerprint density at radius 2 is 1.88 bits per heavy atom. The normalized spacial score (nSPS) is 11.6. The van der Waals surface area contributed by atoms with Gasteiger partial charge in [0.15, 0.2) is 11.5 Å². The Kier molecular flexibility index (Phi) is 7.03. The first kappa shape index (κ1) is 19.8. The standard InChI is InChI=1S/C19H24N2O4S/c1-3-5-7-15-10-12-17(13-11-15)26(23,24)21-20-14-16-8-6-9-18(19(16)22)25-4-2/h6,8-14,21-22H,3-5,7H2,1-2H3. The number of aromatic hydroxyl groups is 1. The minimum atomic E-state index is -3.76. The number of phenolic OH excluding ortho intramolecular Hbond substituents is 1. The van der Waals surface area contributed by atoms with Gasteiger partial charge in [0.25, 0.3) is 10.0 Å². The third kappa shape index (κ3) is 5.23. The van der Waals surface area contributed by atoms with Crippen molar-refractivity contribution in [2.75, 3.05) is 6.61 Å². The molecule has 0 radical (unpaired) electrons. The minimum Gasteiger partial charge on any atom is -0.504 e. The number of phenols is 1. The molecule has 2 aromatic rings. The van der Waals surface area contributed by atoms with Crippen LogP contribution < -0.4 is 9.57 Å². The summed E-state index contributed by atoms with van der Waals surface area (Å²) in [5.41, 5.74) is 1.46. The maximum absolute atomic E-state index is 12.3. The number of para-hydroxylation sites is 1. The molecule has 0 bridgehead atoms. The van der Waals surface area contributed by atoms with Gasteiger partial charge in [-0.1, -0.05) is 31.5 Å². The van der Waals surface area contributed by atoms with Gasteiger partial charge in [0, 0.05) is 5.56 Å².